The second-order valence-corrected chi connectivity index (χ2v) is 5.21. The van der Waals surface area contributed by atoms with E-state index in [0.717, 1.165) is 5.96 Å². The number of aliphatic imine (C=N–C) groups is 1. The Kier molecular flexibility index (Phi) is 5.87. The maximum Gasteiger partial charge on any atom is 0.191 e. The van der Waals surface area contributed by atoms with Crippen LogP contribution in [-0.4, -0.2) is 32.7 Å². The van der Waals surface area contributed by atoms with Gasteiger partial charge in [0.2, 0.25) is 0 Å². The maximum absolute atomic E-state index is 5.56. The lowest BCUT2D eigenvalue weighted by Crippen LogP contribution is -2.43. The minimum Gasteiger partial charge on any atom is -0.375 e. The molecule has 20 heavy (non-hydrogen) atoms. The highest BCUT2D eigenvalue weighted by Gasteiger charge is 2.17. The van der Waals surface area contributed by atoms with E-state index >= 15 is 0 Å². The molecule has 4 nitrogen and oxygen atoms in total. The molecule has 1 atom stereocenters. The fraction of sp³-hybridized carbons (Fsp3) is 0.562. The predicted octanol–water partition coefficient (Wildman–Crippen LogP) is 2.48. The molecule has 0 bridgehead atoms. The summed E-state index contributed by atoms with van der Waals surface area (Å²) < 4.78 is 5.56. The highest BCUT2D eigenvalue weighted by Crippen LogP contribution is 2.18. The van der Waals surface area contributed by atoms with Gasteiger partial charge in [-0.1, -0.05) is 43.2 Å². The first-order valence-corrected chi connectivity index (χ1v) is 7.38. The first-order chi connectivity index (χ1) is 9.83. The van der Waals surface area contributed by atoms with Gasteiger partial charge in [-0.05, 0) is 18.4 Å². The average molecular weight is 275 g/mol. The number of rotatable bonds is 5. The van der Waals surface area contributed by atoms with Crippen LogP contribution in [0.5, 0.6) is 0 Å². The van der Waals surface area contributed by atoms with Crippen LogP contribution < -0.4 is 10.6 Å². The van der Waals surface area contributed by atoms with Crippen molar-refractivity contribution in [2.24, 2.45) is 4.99 Å². The predicted molar refractivity (Wildman–Crippen MR) is 82.9 cm³/mol. The third-order valence-corrected chi connectivity index (χ3v) is 3.83. The van der Waals surface area contributed by atoms with Gasteiger partial charge in [0.05, 0.1) is 6.10 Å². The first-order valence-electron chi connectivity index (χ1n) is 7.38. The lowest BCUT2D eigenvalue weighted by atomic mass is 10.1. The Morgan fingerprint density at radius 1 is 1.30 bits per heavy atom. The van der Waals surface area contributed by atoms with Crippen LogP contribution in [0.1, 0.15) is 37.4 Å². The van der Waals surface area contributed by atoms with Gasteiger partial charge in [-0.15, -0.1) is 0 Å². The van der Waals surface area contributed by atoms with Gasteiger partial charge in [-0.3, -0.25) is 4.99 Å². The molecule has 0 radical (unpaired) electrons. The van der Waals surface area contributed by atoms with Crippen LogP contribution in [0.4, 0.5) is 0 Å². The molecule has 1 fully saturated rings. The van der Waals surface area contributed by atoms with E-state index in [4.69, 9.17) is 4.74 Å². The highest BCUT2D eigenvalue weighted by atomic mass is 16.5. The van der Waals surface area contributed by atoms with Gasteiger partial charge in [0.15, 0.2) is 5.96 Å². The van der Waals surface area contributed by atoms with Crippen molar-refractivity contribution < 1.29 is 4.74 Å². The van der Waals surface area contributed by atoms with E-state index < -0.39 is 0 Å². The lowest BCUT2D eigenvalue weighted by Gasteiger charge is -2.20. The number of ether oxygens (including phenoxy) is 1. The molecule has 1 aliphatic carbocycles. The monoisotopic (exact) mass is 275 g/mol. The molecule has 1 saturated carbocycles. The molecule has 0 heterocycles. The van der Waals surface area contributed by atoms with Gasteiger partial charge >= 0.3 is 0 Å². The molecule has 2 rings (SSSR count). The molecule has 2 N–H and O–H groups in total. The Hall–Kier alpha value is -1.55. The van der Waals surface area contributed by atoms with Crippen molar-refractivity contribution in [3.8, 4) is 0 Å². The Morgan fingerprint density at radius 2 is 2.00 bits per heavy atom. The van der Waals surface area contributed by atoms with Crippen molar-refractivity contribution >= 4 is 5.96 Å². The van der Waals surface area contributed by atoms with E-state index in [1.54, 1.807) is 7.11 Å². The van der Waals surface area contributed by atoms with Gasteiger partial charge in [0, 0.05) is 26.7 Å². The van der Waals surface area contributed by atoms with Crippen LogP contribution in [0, 0.1) is 0 Å². The summed E-state index contributed by atoms with van der Waals surface area (Å²) in [6, 6.07) is 10.8. The van der Waals surface area contributed by atoms with E-state index in [1.165, 1.54) is 31.2 Å². The number of methoxy groups -OCH3 is 1. The Bertz CT molecular complexity index is 413. The van der Waals surface area contributed by atoms with Gasteiger partial charge in [-0.25, -0.2) is 0 Å². The molecular weight excluding hydrogens is 250 g/mol. The second kappa shape index (κ2) is 7.90. The van der Waals surface area contributed by atoms with Crippen molar-refractivity contribution in [3.05, 3.63) is 35.9 Å². The molecule has 1 aliphatic rings. The minimum atomic E-state index is 0.0401. The van der Waals surface area contributed by atoms with Crippen LogP contribution in [0.15, 0.2) is 35.3 Å². The summed E-state index contributed by atoms with van der Waals surface area (Å²) in [6.07, 6.45) is 5.16. The molecule has 0 aromatic heterocycles. The van der Waals surface area contributed by atoms with Crippen molar-refractivity contribution in [2.75, 3.05) is 20.7 Å². The summed E-state index contributed by atoms with van der Waals surface area (Å²) in [5.74, 6) is 0.870. The van der Waals surface area contributed by atoms with Crippen molar-refractivity contribution in [1.29, 1.82) is 0 Å². The zero-order chi connectivity index (χ0) is 14.2. The molecule has 1 unspecified atom stereocenters. The smallest absolute Gasteiger partial charge is 0.191 e. The molecule has 4 heteroatoms. The van der Waals surface area contributed by atoms with E-state index in [1.807, 2.05) is 25.2 Å². The van der Waals surface area contributed by atoms with Crippen LogP contribution in [0.3, 0.4) is 0 Å². The molecule has 1 aromatic carbocycles. The second-order valence-electron chi connectivity index (χ2n) is 5.21. The number of guanidine groups is 1. The summed E-state index contributed by atoms with van der Waals surface area (Å²) in [5, 5.41) is 6.84. The van der Waals surface area contributed by atoms with Gasteiger partial charge < -0.3 is 15.4 Å². The summed E-state index contributed by atoms with van der Waals surface area (Å²) in [5.41, 5.74) is 1.18. The topological polar surface area (TPSA) is 45.7 Å². The molecule has 110 valence electrons. The average Bonchev–Trinajstić information content (AvgIpc) is 3.00. The molecule has 0 amide bonds. The van der Waals surface area contributed by atoms with E-state index in [2.05, 4.69) is 27.8 Å². The highest BCUT2D eigenvalue weighted by molar-refractivity contribution is 5.80. The largest absolute Gasteiger partial charge is 0.375 e. The number of hydrogen-bond acceptors (Lipinski definition) is 2. The number of benzene rings is 1. The summed E-state index contributed by atoms with van der Waals surface area (Å²) in [4.78, 5) is 4.29. The SMILES string of the molecule is CN=C(NCC(OC)c1ccccc1)NC1CCCC1. The van der Waals surface area contributed by atoms with Crippen molar-refractivity contribution in [1.82, 2.24) is 10.6 Å². The summed E-state index contributed by atoms with van der Waals surface area (Å²) in [7, 11) is 3.56. The van der Waals surface area contributed by atoms with Crippen LogP contribution in [0.25, 0.3) is 0 Å². The molecule has 0 aliphatic heterocycles. The molecule has 0 spiro atoms. The standard InChI is InChI=1S/C16H25N3O/c1-17-16(19-14-10-6-7-11-14)18-12-15(20-2)13-8-4-3-5-9-13/h3-5,8-9,14-15H,6-7,10-12H2,1-2H3,(H2,17,18,19). The van der Waals surface area contributed by atoms with Crippen LogP contribution >= 0.6 is 0 Å². The fourth-order valence-corrected chi connectivity index (χ4v) is 2.65. The van der Waals surface area contributed by atoms with Gasteiger partial charge in [-0.2, -0.15) is 0 Å². The van der Waals surface area contributed by atoms with Crippen molar-refractivity contribution in [2.45, 2.75) is 37.8 Å². The summed E-state index contributed by atoms with van der Waals surface area (Å²) >= 11 is 0. The lowest BCUT2D eigenvalue weighted by molar-refractivity contribution is 0.106. The molecule has 0 saturated heterocycles. The summed E-state index contributed by atoms with van der Waals surface area (Å²) in [6.45, 7) is 0.715. The maximum atomic E-state index is 5.56. The normalized spacial score (nSPS) is 18.0. The Labute approximate surface area is 121 Å². The zero-order valence-corrected chi connectivity index (χ0v) is 12.4. The van der Waals surface area contributed by atoms with E-state index in [-0.39, 0.29) is 6.10 Å². The number of hydrogen-bond donors (Lipinski definition) is 2. The third-order valence-electron chi connectivity index (χ3n) is 3.83. The third kappa shape index (κ3) is 4.23. The minimum absolute atomic E-state index is 0.0401. The van der Waals surface area contributed by atoms with Crippen LogP contribution in [-0.2, 0) is 4.74 Å². The molecule has 1 aromatic rings. The number of nitrogens with one attached hydrogen (secondary N) is 2. The first kappa shape index (κ1) is 14.9. The van der Waals surface area contributed by atoms with Crippen molar-refractivity contribution in [3.63, 3.8) is 0 Å². The van der Waals surface area contributed by atoms with Gasteiger partial charge in [0.25, 0.3) is 0 Å². The number of nitrogens with zero attached hydrogens (tertiary/aromatic N) is 1. The molecular formula is C16H25N3O. The van der Waals surface area contributed by atoms with Gasteiger partial charge in [0.1, 0.15) is 0 Å². The van der Waals surface area contributed by atoms with E-state index in [0.29, 0.717) is 12.6 Å². The quantitative estimate of drug-likeness (QED) is 0.641. The zero-order valence-electron chi connectivity index (χ0n) is 12.4. The van der Waals surface area contributed by atoms with E-state index in [9.17, 15) is 0 Å². The Balaban J connectivity index is 1.85. The Morgan fingerprint density at radius 3 is 2.60 bits per heavy atom. The fourth-order valence-electron chi connectivity index (χ4n) is 2.65. The van der Waals surface area contributed by atoms with Crippen LogP contribution in [0.2, 0.25) is 0 Å².